The second-order valence-electron chi connectivity index (χ2n) is 4.76. The molecule has 16 heavy (non-hydrogen) atoms. The second kappa shape index (κ2) is 4.72. The van der Waals surface area contributed by atoms with Gasteiger partial charge in [-0.15, -0.1) is 0 Å². The van der Waals surface area contributed by atoms with Crippen molar-refractivity contribution >= 4 is 11.7 Å². The molecule has 2 atom stereocenters. The molecule has 1 aliphatic carbocycles. The Bertz CT molecular complexity index is 304. The largest absolute Gasteiger partial charge is 0.409 e. The van der Waals surface area contributed by atoms with E-state index in [9.17, 15) is 4.79 Å². The number of nitrogens with zero attached hydrogens (tertiary/aromatic N) is 2. The van der Waals surface area contributed by atoms with Crippen LogP contribution in [0.2, 0.25) is 0 Å². The van der Waals surface area contributed by atoms with Crippen molar-refractivity contribution < 1.29 is 10.0 Å². The molecule has 2 fully saturated rings. The van der Waals surface area contributed by atoms with Crippen LogP contribution in [0.5, 0.6) is 0 Å². The third-order valence-corrected chi connectivity index (χ3v) is 3.79. The summed E-state index contributed by atoms with van der Waals surface area (Å²) in [7, 11) is 0. The van der Waals surface area contributed by atoms with Crippen LogP contribution in [-0.4, -0.2) is 34.4 Å². The van der Waals surface area contributed by atoms with Crippen LogP contribution >= 0.6 is 0 Å². The average molecular weight is 225 g/mol. The van der Waals surface area contributed by atoms with Crippen molar-refractivity contribution in [3.63, 3.8) is 0 Å². The van der Waals surface area contributed by atoms with Crippen LogP contribution in [-0.2, 0) is 4.79 Å². The summed E-state index contributed by atoms with van der Waals surface area (Å²) in [5.41, 5.74) is 5.36. The Morgan fingerprint density at radius 1 is 1.38 bits per heavy atom. The quantitative estimate of drug-likeness (QED) is 0.317. The molecule has 1 aliphatic heterocycles. The molecule has 1 saturated carbocycles. The van der Waals surface area contributed by atoms with E-state index in [0.717, 1.165) is 19.4 Å². The van der Waals surface area contributed by atoms with Gasteiger partial charge in [-0.2, -0.15) is 0 Å². The fraction of sp³-hybridized carbons (Fsp3) is 0.818. The van der Waals surface area contributed by atoms with Crippen LogP contribution in [0.4, 0.5) is 0 Å². The van der Waals surface area contributed by atoms with E-state index in [-0.39, 0.29) is 18.2 Å². The van der Waals surface area contributed by atoms with E-state index in [1.807, 2.05) is 4.90 Å². The molecule has 0 aromatic rings. The van der Waals surface area contributed by atoms with E-state index in [0.29, 0.717) is 12.0 Å². The Hall–Kier alpha value is -1.26. The Balaban J connectivity index is 1.96. The predicted octanol–water partition coefficient (Wildman–Crippen LogP) is 0.914. The summed E-state index contributed by atoms with van der Waals surface area (Å²) >= 11 is 0. The summed E-state index contributed by atoms with van der Waals surface area (Å²) in [6.45, 7) is 0.840. The van der Waals surface area contributed by atoms with Crippen molar-refractivity contribution in [1.82, 2.24) is 4.90 Å². The molecule has 1 heterocycles. The minimum absolute atomic E-state index is 0.00394. The molecule has 1 saturated heterocycles. The zero-order valence-electron chi connectivity index (χ0n) is 9.43. The Labute approximate surface area is 95.3 Å². The van der Waals surface area contributed by atoms with Crippen LogP contribution in [0, 0.1) is 5.92 Å². The normalized spacial score (nSPS) is 30.2. The zero-order valence-corrected chi connectivity index (χ0v) is 9.43. The van der Waals surface area contributed by atoms with Crippen LogP contribution < -0.4 is 5.73 Å². The number of carbonyl (C=O) groups excluding carboxylic acids is 1. The maximum absolute atomic E-state index is 11.9. The van der Waals surface area contributed by atoms with Gasteiger partial charge in [-0.3, -0.25) is 4.79 Å². The van der Waals surface area contributed by atoms with Gasteiger partial charge >= 0.3 is 0 Å². The van der Waals surface area contributed by atoms with Crippen molar-refractivity contribution in [2.75, 3.05) is 6.54 Å². The highest BCUT2D eigenvalue weighted by Crippen LogP contribution is 2.36. The third kappa shape index (κ3) is 2.13. The van der Waals surface area contributed by atoms with E-state index in [1.54, 1.807) is 0 Å². The number of amides is 1. The molecule has 5 nitrogen and oxygen atoms in total. The average Bonchev–Trinajstić information content (AvgIpc) is 2.72. The topological polar surface area (TPSA) is 78.9 Å². The standard InChI is InChI=1S/C11H19N3O2/c12-10(13-16)7-11(15)14-6-5-8-3-1-2-4-9(8)14/h8-9,16H,1-7H2,(H2,12,13). The lowest BCUT2D eigenvalue weighted by Gasteiger charge is -2.31. The van der Waals surface area contributed by atoms with Crippen LogP contribution in [0.15, 0.2) is 5.16 Å². The highest BCUT2D eigenvalue weighted by atomic mass is 16.4. The lowest BCUT2D eigenvalue weighted by molar-refractivity contribution is -0.131. The minimum atomic E-state index is 0.00394. The maximum Gasteiger partial charge on any atom is 0.230 e. The summed E-state index contributed by atoms with van der Waals surface area (Å²) in [4.78, 5) is 13.9. The highest BCUT2D eigenvalue weighted by Gasteiger charge is 2.37. The molecule has 0 spiro atoms. The van der Waals surface area contributed by atoms with Crippen molar-refractivity contribution in [3.8, 4) is 0 Å². The molecule has 0 radical (unpaired) electrons. The molecule has 5 heteroatoms. The number of nitrogens with two attached hydrogens (primary N) is 1. The fourth-order valence-corrected chi connectivity index (χ4v) is 3.01. The van der Waals surface area contributed by atoms with Gasteiger partial charge in [0.15, 0.2) is 0 Å². The van der Waals surface area contributed by atoms with Gasteiger partial charge in [0, 0.05) is 12.6 Å². The first-order valence-corrected chi connectivity index (χ1v) is 5.98. The predicted molar refractivity (Wildman–Crippen MR) is 60.1 cm³/mol. The van der Waals surface area contributed by atoms with Crippen LogP contribution in [0.25, 0.3) is 0 Å². The van der Waals surface area contributed by atoms with Crippen molar-refractivity contribution in [3.05, 3.63) is 0 Å². The number of rotatable bonds is 2. The smallest absolute Gasteiger partial charge is 0.230 e. The molecule has 0 aromatic heterocycles. The second-order valence-corrected chi connectivity index (χ2v) is 4.76. The van der Waals surface area contributed by atoms with Crippen LogP contribution in [0.1, 0.15) is 38.5 Å². The number of hydrogen-bond donors (Lipinski definition) is 2. The van der Waals surface area contributed by atoms with E-state index in [2.05, 4.69) is 5.16 Å². The Kier molecular flexibility index (Phi) is 3.31. The lowest BCUT2D eigenvalue weighted by Crippen LogP contribution is -2.40. The molecule has 3 N–H and O–H groups in total. The Morgan fingerprint density at radius 2 is 2.12 bits per heavy atom. The first-order valence-electron chi connectivity index (χ1n) is 5.98. The summed E-state index contributed by atoms with van der Waals surface area (Å²) in [5, 5.41) is 11.3. The molecule has 2 unspecified atom stereocenters. The summed E-state index contributed by atoms with van der Waals surface area (Å²) in [5.74, 6) is 0.693. The summed E-state index contributed by atoms with van der Waals surface area (Å²) < 4.78 is 0. The van der Waals surface area contributed by atoms with E-state index in [1.165, 1.54) is 19.3 Å². The molecular weight excluding hydrogens is 206 g/mol. The monoisotopic (exact) mass is 225 g/mol. The number of likely N-dealkylation sites (tertiary alicyclic amines) is 1. The maximum atomic E-state index is 11.9. The van der Waals surface area contributed by atoms with Gasteiger partial charge in [-0.1, -0.05) is 18.0 Å². The van der Waals surface area contributed by atoms with Crippen molar-refractivity contribution in [1.29, 1.82) is 0 Å². The fourth-order valence-electron chi connectivity index (χ4n) is 3.01. The first kappa shape index (κ1) is 11.2. The zero-order chi connectivity index (χ0) is 11.5. The van der Waals surface area contributed by atoms with Crippen molar-refractivity contribution in [2.45, 2.75) is 44.6 Å². The summed E-state index contributed by atoms with van der Waals surface area (Å²) in [6.07, 6.45) is 6.04. The molecule has 90 valence electrons. The SMILES string of the molecule is NC(CC(=O)N1CCC2CCCCC21)=NO. The molecule has 2 aliphatic rings. The van der Waals surface area contributed by atoms with Gasteiger partial charge in [0.1, 0.15) is 5.84 Å². The Morgan fingerprint density at radius 3 is 2.88 bits per heavy atom. The first-order chi connectivity index (χ1) is 7.72. The van der Waals surface area contributed by atoms with Gasteiger partial charge in [0.2, 0.25) is 5.91 Å². The van der Waals surface area contributed by atoms with Gasteiger partial charge in [-0.05, 0) is 25.2 Å². The van der Waals surface area contributed by atoms with Gasteiger partial charge in [0.25, 0.3) is 0 Å². The number of oxime groups is 1. The molecule has 0 aromatic carbocycles. The van der Waals surface area contributed by atoms with Gasteiger partial charge in [-0.25, -0.2) is 0 Å². The molecule has 0 bridgehead atoms. The number of carbonyl (C=O) groups is 1. The van der Waals surface area contributed by atoms with Gasteiger partial charge < -0.3 is 15.8 Å². The van der Waals surface area contributed by atoms with E-state index < -0.39 is 0 Å². The number of amidine groups is 1. The highest BCUT2D eigenvalue weighted by molar-refractivity contribution is 5.98. The third-order valence-electron chi connectivity index (χ3n) is 3.79. The summed E-state index contributed by atoms with van der Waals surface area (Å²) in [6, 6.07) is 0.410. The van der Waals surface area contributed by atoms with Crippen molar-refractivity contribution in [2.24, 2.45) is 16.8 Å². The lowest BCUT2D eigenvalue weighted by atomic mass is 9.85. The van der Waals surface area contributed by atoms with E-state index >= 15 is 0 Å². The molecular formula is C11H19N3O2. The molecule has 1 amide bonds. The van der Waals surface area contributed by atoms with Gasteiger partial charge in [0.05, 0.1) is 6.42 Å². The molecule has 2 rings (SSSR count). The van der Waals surface area contributed by atoms with Crippen LogP contribution in [0.3, 0.4) is 0 Å². The number of fused-ring (bicyclic) bond motifs is 1. The van der Waals surface area contributed by atoms with E-state index in [4.69, 9.17) is 10.9 Å². The number of hydrogen-bond acceptors (Lipinski definition) is 3. The minimum Gasteiger partial charge on any atom is -0.409 e.